The standard InChI is InChI=1S/C27H36N4O6S2/c1-3-36-23-19-26(24(37-4-2)18-25(23)38(32,33)30-14-8-5-9-15-30)39(34,35)31-16-12-20(13-17-31)27-28-21-10-6-7-11-22(21)29-27/h6-7,10-11,18-20H,3-5,8-9,12-17H2,1-2H3,(H,28,29). The van der Waals surface area contributed by atoms with Crippen LogP contribution in [-0.4, -0.2) is 74.8 Å². The Balaban J connectivity index is 1.44. The van der Waals surface area contributed by atoms with Gasteiger partial charge in [0.1, 0.15) is 27.1 Å². The smallest absolute Gasteiger partial charge is 0.246 e. The zero-order valence-electron chi connectivity index (χ0n) is 22.4. The van der Waals surface area contributed by atoms with Crippen LogP contribution in [0.1, 0.15) is 57.7 Å². The molecule has 3 heterocycles. The Morgan fingerprint density at radius 2 is 1.36 bits per heavy atom. The second kappa shape index (κ2) is 11.4. The average molecular weight is 577 g/mol. The molecular formula is C27H36N4O6S2. The van der Waals surface area contributed by atoms with Crippen molar-refractivity contribution in [2.24, 2.45) is 0 Å². The highest BCUT2D eigenvalue weighted by Crippen LogP contribution is 2.39. The number of rotatable bonds is 9. The van der Waals surface area contributed by atoms with Gasteiger partial charge in [0, 0.05) is 44.2 Å². The molecule has 0 radical (unpaired) electrons. The number of benzene rings is 2. The third-order valence-electron chi connectivity index (χ3n) is 7.41. The number of H-pyrrole nitrogens is 1. The Bertz CT molecular complexity index is 1490. The van der Waals surface area contributed by atoms with Crippen molar-refractivity contribution in [2.45, 2.75) is 61.7 Å². The van der Waals surface area contributed by atoms with Crippen LogP contribution in [0.25, 0.3) is 11.0 Å². The van der Waals surface area contributed by atoms with E-state index in [0.29, 0.717) is 39.0 Å². The van der Waals surface area contributed by atoms with E-state index in [1.54, 1.807) is 13.8 Å². The highest BCUT2D eigenvalue weighted by Gasteiger charge is 2.36. The predicted molar refractivity (Wildman–Crippen MR) is 148 cm³/mol. The number of piperidine rings is 2. The molecule has 1 N–H and O–H groups in total. The molecule has 2 aromatic carbocycles. The molecule has 3 aromatic rings. The number of aromatic nitrogens is 2. The van der Waals surface area contributed by atoms with E-state index in [4.69, 9.17) is 14.5 Å². The third kappa shape index (κ3) is 5.52. The average Bonchev–Trinajstić information content (AvgIpc) is 3.39. The molecule has 2 aliphatic rings. The van der Waals surface area contributed by atoms with Gasteiger partial charge in [-0.1, -0.05) is 18.6 Å². The lowest BCUT2D eigenvalue weighted by Crippen LogP contribution is -2.38. The third-order valence-corrected chi connectivity index (χ3v) is 11.2. The second-order valence-corrected chi connectivity index (χ2v) is 13.7. The van der Waals surface area contributed by atoms with Crippen LogP contribution in [-0.2, 0) is 20.0 Å². The van der Waals surface area contributed by atoms with E-state index < -0.39 is 20.0 Å². The number of ether oxygens (including phenoxy) is 2. The molecule has 1 aromatic heterocycles. The number of imidazole rings is 1. The lowest BCUT2D eigenvalue weighted by Gasteiger charge is -2.31. The Morgan fingerprint density at radius 3 is 1.90 bits per heavy atom. The van der Waals surface area contributed by atoms with Crippen molar-refractivity contribution < 1.29 is 26.3 Å². The zero-order chi connectivity index (χ0) is 27.6. The summed E-state index contributed by atoms with van der Waals surface area (Å²) in [5.74, 6) is 1.04. The van der Waals surface area contributed by atoms with Crippen molar-refractivity contribution in [3.63, 3.8) is 0 Å². The molecule has 2 fully saturated rings. The molecule has 0 saturated carbocycles. The van der Waals surface area contributed by atoms with E-state index in [0.717, 1.165) is 36.1 Å². The molecular weight excluding hydrogens is 540 g/mol. The maximum absolute atomic E-state index is 13.9. The van der Waals surface area contributed by atoms with Gasteiger partial charge in [-0.05, 0) is 51.7 Å². The minimum absolute atomic E-state index is 0.0240. The normalized spacial score (nSPS) is 18.4. The van der Waals surface area contributed by atoms with Crippen LogP contribution in [0.5, 0.6) is 11.5 Å². The summed E-state index contributed by atoms with van der Waals surface area (Å²) >= 11 is 0. The van der Waals surface area contributed by atoms with Gasteiger partial charge in [-0.15, -0.1) is 0 Å². The van der Waals surface area contributed by atoms with Crippen LogP contribution in [0.3, 0.4) is 0 Å². The summed E-state index contributed by atoms with van der Waals surface area (Å²) in [5.41, 5.74) is 1.86. The molecule has 2 aliphatic heterocycles. The molecule has 0 bridgehead atoms. The molecule has 2 saturated heterocycles. The number of sulfonamides is 2. The summed E-state index contributed by atoms with van der Waals surface area (Å²) in [7, 11) is -7.87. The first-order valence-corrected chi connectivity index (χ1v) is 16.5. The highest BCUT2D eigenvalue weighted by atomic mass is 32.2. The lowest BCUT2D eigenvalue weighted by atomic mass is 9.97. The number of hydrogen-bond acceptors (Lipinski definition) is 7. The van der Waals surface area contributed by atoms with Gasteiger partial charge in [0.2, 0.25) is 20.0 Å². The first-order valence-electron chi connectivity index (χ1n) is 13.6. The maximum atomic E-state index is 13.9. The number of nitrogens with one attached hydrogen (secondary N) is 1. The van der Waals surface area contributed by atoms with E-state index in [1.165, 1.54) is 20.7 Å². The molecule has 0 spiro atoms. The van der Waals surface area contributed by atoms with Gasteiger partial charge in [0.25, 0.3) is 0 Å². The van der Waals surface area contributed by atoms with E-state index in [-0.39, 0.29) is 40.4 Å². The molecule has 0 atom stereocenters. The topological polar surface area (TPSA) is 122 Å². The van der Waals surface area contributed by atoms with Crippen LogP contribution in [0.15, 0.2) is 46.2 Å². The zero-order valence-corrected chi connectivity index (χ0v) is 24.1. The van der Waals surface area contributed by atoms with Gasteiger partial charge in [-0.25, -0.2) is 21.8 Å². The van der Waals surface area contributed by atoms with Gasteiger partial charge in [-0.2, -0.15) is 8.61 Å². The number of fused-ring (bicyclic) bond motifs is 1. The SMILES string of the molecule is CCOc1cc(S(=O)(=O)N2CCC(c3nc4ccccc4[nH]3)CC2)c(OCC)cc1S(=O)(=O)N1CCCCC1. The Kier molecular flexibility index (Phi) is 8.18. The second-order valence-electron chi connectivity index (χ2n) is 9.89. The first kappa shape index (κ1) is 27.9. The van der Waals surface area contributed by atoms with Crippen molar-refractivity contribution in [1.29, 1.82) is 0 Å². The van der Waals surface area contributed by atoms with Crippen LogP contribution >= 0.6 is 0 Å². The Labute approximate surface area is 230 Å². The van der Waals surface area contributed by atoms with E-state index >= 15 is 0 Å². The lowest BCUT2D eigenvalue weighted by molar-refractivity contribution is 0.300. The van der Waals surface area contributed by atoms with Crippen molar-refractivity contribution in [1.82, 2.24) is 18.6 Å². The van der Waals surface area contributed by atoms with Gasteiger partial charge in [-0.3, -0.25) is 0 Å². The summed E-state index contributed by atoms with van der Waals surface area (Å²) in [4.78, 5) is 7.94. The molecule has 0 unspecified atom stereocenters. The summed E-state index contributed by atoms with van der Waals surface area (Å²) in [6.45, 7) is 5.35. The number of para-hydroxylation sites is 2. The monoisotopic (exact) mass is 576 g/mol. The summed E-state index contributed by atoms with van der Waals surface area (Å²) < 4.78 is 69.2. The van der Waals surface area contributed by atoms with Crippen molar-refractivity contribution >= 4 is 31.1 Å². The summed E-state index contributed by atoms with van der Waals surface area (Å²) in [6.07, 6.45) is 3.79. The number of hydrogen-bond donors (Lipinski definition) is 1. The predicted octanol–water partition coefficient (Wildman–Crippen LogP) is 4.10. The van der Waals surface area contributed by atoms with Gasteiger partial charge >= 0.3 is 0 Å². The minimum atomic E-state index is -3.98. The van der Waals surface area contributed by atoms with Crippen molar-refractivity contribution in [2.75, 3.05) is 39.4 Å². The van der Waals surface area contributed by atoms with Crippen LogP contribution in [0.2, 0.25) is 0 Å². The number of aromatic amines is 1. The molecule has 39 heavy (non-hydrogen) atoms. The van der Waals surface area contributed by atoms with Gasteiger partial charge < -0.3 is 14.5 Å². The Hall–Kier alpha value is -2.67. The number of nitrogens with zero attached hydrogens (tertiary/aromatic N) is 3. The van der Waals surface area contributed by atoms with E-state index in [9.17, 15) is 16.8 Å². The molecule has 212 valence electrons. The highest BCUT2D eigenvalue weighted by molar-refractivity contribution is 7.89. The molecule has 0 amide bonds. The van der Waals surface area contributed by atoms with Gasteiger partial charge in [0.05, 0.1) is 24.2 Å². The van der Waals surface area contributed by atoms with Crippen molar-refractivity contribution in [3.05, 3.63) is 42.2 Å². The van der Waals surface area contributed by atoms with Crippen molar-refractivity contribution in [3.8, 4) is 11.5 Å². The fourth-order valence-electron chi connectivity index (χ4n) is 5.38. The molecule has 0 aliphatic carbocycles. The largest absolute Gasteiger partial charge is 0.492 e. The molecule has 10 nitrogen and oxygen atoms in total. The van der Waals surface area contributed by atoms with E-state index in [2.05, 4.69) is 4.98 Å². The molecule has 5 rings (SSSR count). The maximum Gasteiger partial charge on any atom is 0.246 e. The first-order chi connectivity index (χ1) is 18.8. The fourth-order valence-corrected chi connectivity index (χ4v) is 8.62. The van der Waals surface area contributed by atoms with E-state index in [1.807, 2.05) is 24.3 Å². The van der Waals surface area contributed by atoms with Crippen LogP contribution in [0, 0.1) is 0 Å². The quantitative estimate of drug-likeness (QED) is 0.407. The van der Waals surface area contributed by atoms with Crippen LogP contribution < -0.4 is 9.47 Å². The summed E-state index contributed by atoms with van der Waals surface area (Å²) in [5, 5.41) is 0. The summed E-state index contributed by atoms with van der Waals surface area (Å²) in [6, 6.07) is 10.5. The molecule has 12 heteroatoms. The fraction of sp³-hybridized carbons (Fsp3) is 0.519. The van der Waals surface area contributed by atoms with Gasteiger partial charge in [0.15, 0.2) is 0 Å². The Morgan fingerprint density at radius 1 is 0.821 bits per heavy atom. The van der Waals surface area contributed by atoms with Crippen LogP contribution in [0.4, 0.5) is 0 Å². The minimum Gasteiger partial charge on any atom is -0.492 e.